The number of hydrogen-bond donors (Lipinski definition) is 1. The smallest absolute Gasteiger partial charge is 0.0476 e. The van der Waals surface area contributed by atoms with Gasteiger partial charge in [0.1, 0.15) is 0 Å². The van der Waals surface area contributed by atoms with Crippen LogP contribution in [0.25, 0.3) is 0 Å². The van der Waals surface area contributed by atoms with Crippen molar-refractivity contribution < 1.29 is 4.74 Å². The lowest BCUT2D eigenvalue weighted by Gasteiger charge is -2.27. The molecule has 2 atom stereocenters. The third-order valence-electron chi connectivity index (χ3n) is 3.67. The molecule has 0 aromatic carbocycles. The van der Waals surface area contributed by atoms with E-state index in [0.29, 0.717) is 6.04 Å². The molecule has 0 amide bonds. The van der Waals surface area contributed by atoms with E-state index in [2.05, 4.69) is 37.8 Å². The minimum absolute atomic E-state index is 0.688. The first kappa shape index (κ1) is 15.3. The quantitative estimate of drug-likeness (QED) is 0.722. The molecule has 0 spiro atoms. The van der Waals surface area contributed by atoms with Crippen LogP contribution in [0.3, 0.4) is 0 Å². The zero-order valence-corrected chi connectivity index (χ0v) is 12.5. The van der Waals surface area contributed by atoms with Crippen molar-refractivity contribution in [3.8, 4) is 0 Å². The van der Waals surface area contributed by atoms with Gasteiger partial charge in [0, 0.05) is 30.3 Å². The van der Waals surface area contributed by atoms with Crippen LogP contribution in [0.1, 0.15) is 46.5 Å². The Labute approximate surface area is 111 Å². The molecule has 1 saturated heterocycles. The van der Waals surface area contributed by atoms with E-state index in [9.17, 15) is 0 Å². The number of thioether (sulfide) groups is 1. The second kappa shape index (κ2) is 9.23. The summed E-state index contributed by atoms with van der Waals surface area (Å²) in [5.41, 5.74) is 0. The maximum Gasteiger partial charge on any atom is 0.0476 e. The second-order valence-corrected chi connectivity index (χ2v) is 6.42. The maximum atomic E-state index is 5.41. The fourth-order valence-electron chi connectivity index (χ4n) is 2.12. The molecule has 0 bridgehead atoms. The zero-order chi connectivity index (χ0) is 12.5. The molecule has 0 aliphatic carbocycles. The van der Waals surface area contributed by atoms with Gasteiger partial charge in [-0.1, -0.05) is 27.2 Å². The van der Waals surface area contributed by atoms with Gasteiger partial charge in [-0.25, -0.2) is 0 Å². The van der Waals surface area contributed by atoms with Crippen LogP contribution in [-0.2, 0) is 4.74 Å². The van der Waals surface area contributed by atoms with Gasteiger partial charge in [-0.2, -0.15) is 11.8 Å². The predicted octanol–water partition coefficient (Wildman–Crippen LogP) is 3.31. The molecule has 3 heteroatoms. The fraction of sp³-hybridized carbons (Fsp3) is 1.00. The Kier molecular flexibility index (Phi) is 8.33. The van der Waals surface area contributed by atoms with Gasteiger partial charge >= 0.3 is 0 Å². The first-order valence-corrected chi connectivity index (χ1v) is 8.25. The van der Waals surface area contributed by atoms with Crippen molar-refractivity contribution in [3.05, 3.63) is 0 Å². The van der Waals surface area contributed by atoms with Crippen molar-refractivity contribution in [1.29, 1.82) is 0 Å². The van der Waals surface area contributed by atoms with Gasteiger partial charge in [-0.05, 0) is 31.7 Å². The number of ether oxygens (including phenoxy) is 1. The van der Waals surface area contributed by atoms with E-state index in [-0.39, 0.29) is 0 Å². The molecule has 1 N–H and O–H groups in total. The highest BCUT2D eigenvalue weighted by molar-refractivity contribution is 7.99. The topological polar surface area (TPSA) is 21.3 Å². The molecule has 0 aromatic rings. The van der Waals surface area contributed by atoms with Crippen LogP contribution in [0.4, 0.5) is 0 Å². The molecule has 1 fully saturated rings. The number of rotatable bonds is 8. The van der Waals surface area contributed by atoms with Crippen LogP contribution < -0.4 is 5.32 Å². The van der Waals surface area contributed by atoms with E-state index in [4.69, 9.17) is 4.74 Å². The van der Waals surface area contributed by atoms with Gasteiger partial charge in [0.25, 0.3) is 0 Å². The highest BCUT2D eigenvalue weighted by atomic mass is 32.2. The van der Waals surface area contributed by atoms with Crippen LogP contribution in [0, 0.1) is 5.92 Å². The zero-order valence-electron chi connectivity index (χ0n) is 11.7. The lowest BCUT2D eigenvalue weighted by Crippen LogP contribution is -2.38. The lowest BCUT2D eigenvalue weighted by molar-refractivity contribution is 0.1000. The summed E-state index contributed by atoms with van der Waals surface area (Å²) >= 11 is 2.16. The van der Waals surface area contributed by atoms with Crippen molar-refractivity contribution >= 4 is 11.8 Å². The molecule has 102 valence electrons. The Hall–Kier alpha value is 0.270. The van der Waals surface area contributed by atoms with Gasteiger partial charge in [0.2, 0.25) is 0 Å². The highest BCUT2D eigenvalue weighted by Gasteiger charge is 2.19. The summed E-state index contributed by atoms with van der Waals surface area (Å²) in [5.74, 6) is 2.05. The minimum Gasteiger partial charge on any atom is -0.381 e. The largest absolute Gasteiger partial charge is 0.381 e. The summed E-state index contributed by atoms with van der Waals surface area (Å²) in [4.78, 5) is 0. The van der Waals surface area contributed by atoms with Crippen LogP contribution in [0.2, 0.25) is 0 Å². The van der Waals surface area contributed by atoms with Crippen molar-refractivity contribution in [2.45, 2.75) is 57.7 Å². The summed E-state index contributed by atoms with van der Waals surface area (Å²) in [6, 6.07) is 0.688. The Morgan fingerprint density at radius 3 is 2.59 bits per heavy atom. The molecule has 2 unspecified atom stereocenters. The van der Waals surface area contributed by atoms with Gasteiger partial charge in [0.05, 0.1) is 0 Å². The second-order valence-electron chi connectivity index (χ2n) is 5.09. The van der Waals surface area contributed by atoms with E-state index in [0.717, 1.165) is 30.9 Å². The Morgan fingerprint density at radius 1 is 1.29 bits per heavy atom. The molecule has 1 heterocycles. The molecular formula is C14H29NOS. The first-order valence-electron chi connectivity index (χ1n) is 7.20. The van der Waals surface area contributed by atoms with Crippen molar-refractivity contribution in [2.24, 2.45) is 5.92 Å². The summed E-state index contributed by atoms with van der Waals surface area (Å²) in [5, 5.41) is 4.54. The van der Waals surface area contributed by atoms with Gasteiger partial charge in [-0.3, -0.25) is 0 Å². The third kappa shape index (κ3) is 6.12. The van der Waals surface area contributed by atoms with Crippen molar-refractivity contribution in [2.75, 3.05) is 25.5 Å². The van der Waals surface area contributed by atoms with Gasteiger partial charge in [-0.15, -0.1) is 0 Å². The average molecular weight is 259 g/mol. The first-order chi connectivity index (χ1) is 8.27. The summed E-state index contributed by atoms with van der Waals surface area (Å²) in [6.45, 7) is 10.0. The van der Waals surface area contributed by atoms with E-state index in [1.54, 1.807) is 0 Å². The SMILES string of the molecule is CCCNC(CSC1CCOCC1)C(C)CC. The lowest BCUT2D eigenvalue weighted by atomic mass is 10.0. The monoisotopic (exact) mass is 259 g/mol. The van der Waals surface area contributed by atoms with Crippen molar-refractivity contribution in [1.82, 2.24) is 5.32 Å². The summed E-state index contributed by atoms with van der Waals surface area (Å²) in [6.07, 6.45) is 4.99. The summed E-state index contributed by atoms with van der Waals surface area (Å²) in [7, 11) is 0. The number of hydrogen-bond acceptors (Lipinski definition) is 3. The molecule has 1 aliphatic rings. The van der Waals surface area contributed by atoms with E-state index >= 15 is 0 Å². The molecule has 1 rings (SSSR count). The summed E-state index contributed by atoms with van der Waals surface area (Å²) < 4.78 is 5.41. The Balaban J connectivity index is 2.26. The molecular weight excluding hydrogens is 230 g/mol. The Bertz CT molecular complexity index is 183. The minimum atomic E-state index is 0.688. The number of nitrogens with one attached hydrogen (secondary N) is 1. The molecule has 0 aromatic heterocycles. The van der Waals surface area contributed by atoms with Crippen LogP contribution in [0.5, 0.6) is 0 Å². The maximum absolute atomic E-state index is 5.41. The van der Waals surface area contributed by atoms with Crippen LogP contribution >= 0.6 is 11.8 Å². The predicted molar refractivity (Wildman–Crippen MR) is 77.8 cm³/mol. The molecule has 2 nitrogen and oxygen atoms in total. The normalized spacial score (nSPS) is 21.4. The third-order valence-corrected chi connectivity index (χ3v) is 5.16. The molecule has 0 radical (unpaired) electrons. The average Bonchev–Trinajstić information content (AvgIpc) is 2.39. The van der Waals surface area contributed by atoms with Crippen molar-refractivity contribution in [3.63, 3.8) is 0 Å². The standard InChI is InChI=1S/C14H29NOS/c1-4-8-15-14(12(3)5-2)11-17-13-6-9-16-10-7-13/h12-15H,4-11H2,1-3H3. The van der Waals surface area contributed by atoms with Gasteiger partial charge < -0.3 is 10.1 Å². The molecule has 17 heavy (non-hydrogen) atoms. The van der Waals surface area contributed by atoms with E-state index < -0.39 is 0 Å². The van der Waals surface area contributed by atoms with E-state index in [1.165, 1.54) is 31.4 Å². The fourth-order valence-corrected chi connectivity index (χ4v) is 3.57. The highest BCUT2D eigenvalue weighted by Crippen LogP contribution is 2.24. The molecule has 0 saturated carbocycles. The van der Waals surface area contributed by atoms with Crippen LogP contribution in [-0.4, -0.2) is 36.8 Å². The van der Waals surface area contributed by atoms with Gasteiger partial charge in [0.15, 0.2) is 0 Å². The van der Waals surface area contributed by atoms with Crippen LogP contribution in [0.15, 0.2) is 0 Å². The Morgan fingerprint density at radius 2 is 2.00 bits per heavy atom. The molecule has 1 aliphatic heterocycles. The van der Waals surface area contributed by atoms with E-state index in [1.807, 2.05) is 0 Å².